The molecule has 1 unspecified atom stereocenters. The topological polar surface area (TPSA) is 138 Å². The summed E-state index contributed by atoms with van der Waals surface area (Å²) in [6.45, 7) is 2.41. The highest BCUT2D eigenvalue weighted by Crippen LogP contribution is 2.53. The van der Waals surface area contributed by atoms with E-state index in [1.165, 1.54) is 4.90 Å². The van der Waals surface area contributed by atoms with Gasteiger partial charge in [-0.3, -0.25) is 4.98 Å². The molecule has 28 heavy (non-hydrogen) atoms. The number of aromatic nitrogens is 1. The number of fused-ring (bicyclic) bond motifs is 1. The molecule has 0 radical (unpaired) electrons. The van der Waals surface area contributed by atoms with Gasteiger partial charge in [0.05, 0.1) is 30.5 Å². The Kier molecular flexibility index (Phi) is 5.11. The number of rotatable bonds is 2. The van der Waals surface area contributed by atoms with Crippen molar-refractivity contribution in [3.05, 3.63) is 41.7 Å². The van der Waals surface area contributed by atoms with E-state index in [1.807, 2.05) is 12.1 Å². The fourth-order valence-corrected chi connectivity index (χ4v) is 4.12. The lowest BCUT2D eigenvalue weighted by molar-refractivity contribution is 0.0992. The van der Waals surface area contributed by atoms with Gasteiger partial charge in [0.2, 0.25) is 0 Å². The van der Waals surface area contributed by atoms with Crippen molar-refractivity contribution in [3.63, 3.8) is 0 Å². The number of amides is 1. The number of pyridine rings is 1. The minimum absolute atomic E-state index is 0.203. The van der Waals surface area contributed by atoms with Gasteiger partial charge in [-0.15, -0.1) is 0 Å². The van der Waals surface area contributed by atoms with Crippen LogP contribution in [0.5, 0.6) is 0 Å². The van der Waals surface area contributed by atoms with Crippen molar-refractivity contribution in [2.24, 2.45) is 17.3 Å². The summed E-state index contributed by atoms with van der Waals surface area (Å²) in [4.78, 5) is 17.7. The lowest BCUT2D eigenvalue weighted by atomic mass is 9.54. The average molecular weight is 374 g/mol. The molecule has 0 spiro atoms. The number of hydrogen-bond acceptors (Lipinski definition) is 7. The van der Waals surface area contributed by atoms with Crippen molar-refractivity contribution in [3.8, 4) is 18.2 Å². The van der Waals surface area contributed by atoms with E-state index in [2.05, 4.69) is 11.1 Å². The maximum atomic E-state index is 12.3. The lowest BCUT2D eigenvalue weighted by Crippen LogP contribution is -2.53. The zero-order chi connectivity index (χ0) is 20.3. The highest BCUT2D eigenvalue weighted by Gasteiger charge is 2.58. The van der Waals surface area contributed by atoms with Crippen LogP contribution in [-0.4, -0.2) is 41.4 Å². The van der Waals surface area contributed by atoms with Crippen LogP contribution in [0.2, 0.25) is 0 Å². The molecule has 1 aromatic heterocycles. The van der Waals surface area contributed by atoms with Gasteiger partial charge in [-0.25, -0.2) is 4.79 Å². The standard InChI is InChI=1S/C20H18N6O2/c1-2-28-19(27)26-8-5-14-15(9-21)18(24)20(11-22,12-23)17(16(14)10-26)13-3-6-25-7-4-13/h3-7,15-17,24H,2,8,10H2,1H3/t15?,16-,17+/m0/s1. The Morgan fingerprint density at radius 2 is 2.04 bits per heavy atom. The molecule has 0 aromatic carbocycles. The number of carbonyl (C=O) groups excluding carboxylic acids is 1. The molecule has 3 atom stereocenters. The van der Waals surface area contributed by atoms with Gasteiger partial charge in [0.25, 0.3) is 0 Å². The van der Waals surface area contributed by atoms with Crippen LogP contribution < -0.4 is 0 Å². The number of carbonyl (C=O) groups is 1. The van der Waals surface area contributed by atoms with Crippen molar-refractivity contribution in [1.29, 1.82) is 21.2 Å². The second-order valence-corrected chi connectivity index (χ2v) is 6.68. The molecule has 1 N–H and O–H groups in total. The molecule has 2 heterocycles. The predicted molar refractivity (Wildman–Crippen MR) is 97.6 cm³/mol. The highest BCUT2D eigenvalue weighted by atomic mass is 16.6. The Bertz CT molecular complexity index is 936. The Hall–Kier alpha value is -3.70. The Labute approximate surface area is 162 Å². The molecule has 3 rings (SSSR count). The van der Waals surface area contributed by atoms with Crippen molar-refractivity contribution in [2.45, 2.75) is 12.8 Å². The summed E-state index contributed by atoms with van der Waals surface area (Å²) < 4.78 is 5.09. The number of hydrogen-bond donors (Lipinski definition) is 1. The summed E-state index contributed by atoms with van der Waals surface area (Å²) in [5.41, 5.74) is -0.674. The summed E-state index contributed by atoms with van der Waals surface area (Å²) in [6.07, 6.45) is 4.38. The van der Waals surface area contributed by atoms with Crippen LogP contribution in [0.1, 0.15) is 18.4 Å². The van der Waals surface area contributed by atoms with E-state index in [4.69, 9.17) is 10.1 Å². The van der Waals surface area contributed by atoms with Crippen molar-refractivity contribution in [1.82, 2.24) is 9.88 Å². The lowest BCUT2D eigenvalue weighted by Gasteiger charge is -2.47. The molecule has 1 amide bonds. The minimum Gasteiger partial charge on any atom is -0.450 e. The van der Waals surface area contributed by atoms with Crippen LogP contribution in [-0.2, 0) is 4.74 Å². The van der Waals surface area contributed by atoms with E-state index >= 15 is 0 Å². The van der Waals surface area contributed by atoms with Gasteiger partial charge in [0.15, 0.2) is 5.41 Å². The van der Waals surface area contributed by atoms with Crippen LogP contribution in [0.3, 0.4) is 0 Å². The third kappa shape index (κ3) is 2.78. The van der Waals surface area contributed by atoms with Gasteiger partial charge in [-0.2, -0.15) is 15.8 Å². The molecular weight excluding hydrogens is 356 g/mol. The summed E-state index contributed by atoms with van der Waals surface area (Å²) in [5, 5.41) is 38.1. The first-order valence-electron chi connectivity index (χ1n) is 8.86. The molecule has 2 aliphatic rings. The van der Waals surface area contributed by atoms with Crippen LogP contribution in [0, 0.1) is 56.7 Å². The Balaban J connectivity index is 2.17. The van der Waals surface area contributed by atoms with E-state index in [-0.39, 0.29) is 25.4 Å². The van der Waals surface area contributed by atoms with E-state index < -0.39 is 29.3 Å². The average Bonchev–Trinajstić information content (AvgIpc) is 2.73. The van der Waals surface area contributed by atoms with Crippen molar-refractivity contribution >= 4 is 11.8 Å². The zero-order valence-corrected chi connectivity index (χ0v) is 15.3. The molecule has 1 aromatic rings. The summed E-state index contributed by atoms with van der Waals surface area (Å²) in [6, 6.07) is 9.51. The first kappa shape index (κ1) is 19.1. The van der Waals surface area contributed by atoms with Crippen LogP contribution in [0.15, 0.2) is 36.2 Å². The predicted octanol–water partition coefficient (Wildman–Crippen LogP) is 2.39. The van der Waals surface area contributed by atoms with Gasteiger partial charge >= 0.3 is 6.09 Å². The fraction of sp³-hybridized carbons (Fsp3) is 0.400. The quantitative estimate of drug-likeness (QED) is 0.789. The summed E-state index contributed by atoms with van der Waals surface area (Å²) in [7, 11) is 0. The fourth-order valence-electron chi connectivity index (χ4n) is 4.12. The number of nitriles is 3. The molecule has 0 saturated heterocycles. The van der Waals surface area contributed by atoms with Gasteiger partial charge in [-0.05, 0) is 30.2 Å². The molecule has 140 valence electrons. The number of nitrogens with one attached hydrogen (secondary N) is 1. The van der Waals surface area contributed by atoms with Gasteiger partial charge in [0.1, 0.15) is 5.92 Å². The normalized spacial score (nSPS) is 25.4. The molecule has 1 fully saturated rings. The number of nitrogens with zero attached hydrogens (tertiary/aromatic N) is 5. The first-order chi connectivity index (χ1) is 13.5. The third-order valence-electron chi connectivity index (χ3n) is 5.38. The molecule has 8 nitrogen and oxygen atoms in total. The van der Waals surface area contributed by atoms with Gasteiger partial charge < -0.3 is 15.0 Å². The molecule has 1 saturated carbocycles. The SMILES string of the molecule is CCOC(=O)N1CC=C2C(C#N)C(=N)C(C#N)(C#N)[C@H](c3ccncc3)[C@H]2C1. The van der Waals surface area contributed by atoms with E-state index in [1.54, 1.807) is 37.5 Å². The Morgan fingerprint density at radius 3 is 2.61 bits per heavy atom. The molecular formula is C20H18N6O2. The van der Waals surface area contributed by atoms with Crippen LogP contribution in [0.4, 0.5) is 4.79 Å². The van der Waals surface area contributed by atoms with E-state index in [0.717, 1.165) is 0 Å². The van der Waals surface area contributed by atoms with Crippen molar-refractivity contribution < 1.29 is 9.53 Å². The summed E-state index contributed by atoms with van der Waals surface area (Å²) >= 11 is 0. The number of ether oxygens (including phenoxy) is 1. The smallest absolute Gasteiger partial charge is 0.410 e. The zero-order valence-electron chi connectivity index (χ0n) is 15.3. The monoisotopic (exact) mass is 374 g/mol. The van der Waals surface area contributed by atoms with E-state index in [9.17, 15) is 20.6 Å². The maximum absolute atomic E-state index is 12.3. The minimum atomic E-state index is -1.80. The molecule has 1 aliphatic carbocycles. The van der Waals surface area contributed by atoms with Crippen LogP contribution >= 0.6 is 0 Å². The van der Waals surface area contributed by atoms with E-state index in [0.29, 0.717) is 11.1 Å². The first-order valence-corrected chi connectivity index (χ1v) is 8.86. The second-order valence-electron chi connectivity index (χ2n) is 6.68. The molecule has 0 bridgehead atoms. The second kappa shape index (κ2) is 7.50. The molecule has 8 heteroatoms. The maximum Gasteiger partial charge on any atom is 0.410 e. The molecule has 1 aliphatic heterocycles. The third-order valence-corrected chi connectivity index (χ3v) is 5.38. The van der Waals surface area contributed by atoms with Gasteiger partial charge in [-0.1, -0.05) is 6.08 Å². The Morgan fingerprint density at radius 1 is 1.36 bits per heavy atom. The summed E-state index contributed by atoms with van der Waals surface area (Å²) in [5.74, 6) is -2.13. The highest BCUT2D eigenvalue weighted by molar-refractivity contribution is 6.00. The van der Waals surface area contributed by atoms with Crippen LogP contribution in [0.25, 0.3) is 0 Å². The largest absolute Gasteiger partial charge is 0.450 e. The van der Waals surface area contributed by atoms with Crippen molar-refractivity contribution in [2.75, 3.05) is 19.7 Å². The van der Waals surface area contributed by atoms with Gasteiger partial charge in [0, 0.05) is 37.3 Å².